The third-order valence-electron chi connectivity index (χ3n) is 0.659. The number of rotatable bonds is 2. The Morgan fingerprint density at radius 3 is 2.78 bits per heavy atom. The standard InChI is InChI=1S/C5H6N2O2/c1-4(2-6)7-5(9)3-8/h3-4H,1H3,(H,7,9). The van der Waals surface area contributed by atoms with Crippen LogP contribution in [0.3, 0.4) is 0 Å². The van der Waals surface area contributed by atoms with E-state index in [0.717, 1.165) is 0 Å². The summed E-state index contributed by atoms with van der Waals surface area (Å²) in [5.74, 6) is -0.760. The zero-order chi connectivity index (χ0) is 7.28. The van der Waals surface area contributed by atoms with E-state index in [1.807, 2.05) is 0 Å². The number of nitrogens with one attached hydrogen (secondary N) is 1. The molecular weight excluding hydrogens is 120 g/mol. The zero-order valence-corrected chi connectivity index (χ0v) is 4.92. The van der Waals surface area contributed by atoms with Crippen LogP contribution in [-0.4, -0.2) is 18.2 Å². The highest BCUT2D eigenvalue weighted by molar-refractivity contribution is 6.23. The van der Waals surface area contributed by atoms with Crippen LogP contribution in [0.2, 0.25) is 0 Å². The van der Waals surface area contributed by atoms with Gasteiger partial charge in [-0.3, -0.25) is 9.59 Å². The molecule has 0 aliphatic rings. The highest BCUT2D eigenvalue weighted by atomic mass is 16.2. The fourth-order valence-electron chi connectivity index (χ4n) is 0.280. The average Bonchev–Trinajstić information content (AvgIpc) is 1.87. The summed E-state index contributed by atoms with van der Waals surface area (Å²) in [5, 5.41) is 10.2. The molecule has 0 aromatic heterocycles. The summed E-state index contributed by atoms with van der Waals surface area (Å²) in [6.45, 7) is 1.49. The zero-order valence-electron chi connectivity index (χ0n) is 4.92. The van der Waals surface area contributed by atoms with Crippen molar-refractivity contribution < 1.29 is 9.59 Å². The first kappa shape index (κ1) is 7.63. The summed E-state index contributed by atoms with van der Waals surface area (Å²) in [4.78, 5) is 19.8. The minimum Gasteiger partial charge on any atom is -0.334 e. The lowest BCUT2D eigenvalue weighted by molar-refractivity contribution is -0.131. The number of carbonyl (C=O) groups is 2. The molecule has 0 fully saturated rings. The van der Waals surface area contributed by atoms with Gasteiger partial charge in [-0.2, -0.15) is 5.26 Å². The fourth-order valence-corrected chi connectivity index (χ4v) is 0.280. The molecule has 4 nitrogen and oxygen atoms in total. The van der Waals surface area contributed by atoms with Gasteiger partial charge >= 0.3 is 0 Å². The van der Waals surface area contributed by atoms with Gasteiger partial charge in [-0.25, -0.2) is 0 Å². The molecule has 0 radical (unpaired) electrons. The first-order valence-corrected chi connectivity index (χ1v) is 2.36. The Morgan fingerprint density at radius 2 is 2.44 bits per heavy atom. The highest BCUT2D eigenvalue weighted by Crippen LogP contribution is 1.73. The number of hydrogen-bond acceptors (Lipinski definition) is 3. The van der Waals surface area contributed by atoms with Crippen molar-refractivity contribution in [3.63, 3.8) is 0 Å². The van der Waals surface area contributed by atoms with Crippen LogP contribution < -0.4 is 5.32 Å². The van der Waals surface area contributed by atoms with Gasteiger partial charge in [0.05, 0.1) is 6.07 Å². The minimum absolute atomic E-state index is 0.133. The van der Waals surface area contributed by atoms with Crippen LogP contribution in [0.4, 0.5) is 0 Å². The van der Waals surface area contributed by atoms with Crippen LogP contribution in [0.15, 0.2) is 0 Å². The van der Waals surface area contributed by atoms with Gasteiger partial charge in [-0.15, -0.1) is 0 Å². The first-order chi connectivity index (χ1) is 4.20. The summed E-state index contributed by atoms with van der Waals surface area (Å²) in [6.07, 6.45) is 0.133. The fraction of sp³-hybridized carbons (Fsp3) is 0.400. The molecule has 1 atom stereocenters. The predicted octanol–water partition coefficient (Wildman–Crippen LogP) is -0.786. The second kappa shape index (κ2) is 3.61. The van der Waals surface area contributed by atoms with Gasteiger partial charge in [0, 0.05) is 0 Å². The van der Waals surface area contributed by atoms with Crippen molar-refractivity contribution in [2.75, 3.05) is 0 Å². The van der Waals surface area contributed by atoms with Crippen molar-refractivity contribution in [1.82, 2.24) is 5.32 Å². The first-order valence-electron chi connectivity index (χ1n) is 2.36. The Labute approximate surface area is 52.5 Å². The van der Waals surface area contributed by atoms with Gasteiger partial charge in [-0.1, -0.05) is 0 Å². The van der Waals surface area contributed by atoms with Gasteiger partial charge in [0.1, 0.15) is 6.04 Å². The van der Waals surface area contributed by atoms with E-state index in [1.54, 1.807) is 6.07 Å². The van der Waals surface area contributed by atoms with Crippen molar-refractivity contribution in [1.29, 1.82) is 5.26 Å². The molecule has 1 unspecified atom stereocenters. The monoisotopic (exact) mass is 126 g/mol. The number of aldehydes is 1. The molecule has 0 spiro atoms. The lowest BCUT2D eigenvalue weighted by atomic mass is 10.4. The molecule has 0 saturated carbocycles. The van der Waals surface area contributed by atoms with Crippen molar-refractivity contribution in [3.05, 3.63) is 0 Å². The predicted molar refractivity (Wildman–Crippen MR) is 29.3 cm³/mol. The third kappa shape index (κ3) is 3.23. The maximum Gasteiger partial charge on any atom is 0.285 e. The van der Waals surface area contributed by atoms with Gasteiger partial charge in [0.25, 0.3) is 5.91 Å². The number of nitriles is 1. The number of nitrogens with zero attached hydrogens (tertiary/aromatic N) is 1. The molecule has 48 valence electrons. The maximum absolute atomic E-state index is 10.2. The molecule has 0 aromatic carbocycles. The number of amides is 1. The topological polar surface area (TPSA) is 70.0 Å². The van der Waals surface area contributed by atoms with Gasteiger partial charge in [0.15, 0.2) is 0 Å². The van der Waals surface area contributed by atoms with Crippen LogP contribution in [0.1, 0.15) is 6.92 Å². The largest absolute Gasteiger partial charge is 0.334 e. The summed E-state index contributed by atoms with van der Waals surface area (Å²) < 4.78 is 0. The third-order valence-corrected chi connectivity index (χ3v) is 0.659. The smallest absolute Gasteiger partial charge is 0.285 e. The normalized spacial score (nSPS) is 11.1. The Bertz CT molecular complexity index is 159. The van der Waals surface area contributed by atoms with E-state index in [0.29, 0.717) is 0 Å². The molecule has 1 amide bonds. The van der Waals surface area contributed by atoms with Crippen LogP contribution in [0.5, 0.6) is 0 Å². The second-order valence-corrected chi connectivity index (χ2v) is 1.48. The Morgan fingerprint density at radius 1 is 1.89 bits per heavy atom. The second-order valence-electron chi connectivity index (χ2n) is 1.48. The van der Waals surface area contributed by atoms with Crippen molar-refractivity contribution in [2.24, 2.45) is 0 Å². The molecule has 0 heterocycles. The summed E-state index contributed by atoms with van der Waals surface area (Å²) >= 11 is 0. The van der Waals surface area contributed by atoms with Crippen LogP contribution >= 0.6 is 0 Å². The van der Waals surface area contributed by atoms with E-state index in [2.05, 4.69) is 5.32 Å². The van der Waals surface area contributed by atoms with Crippen LogP contribution in [0.25, 0.3) is 0 Å². The summed E-state index contributed by atoms with van der Waals surface area (Å²) in [5.41, 5.74) is 0. The molecule has 0 saturated heterocycles. The maximum atomic E-state index is 10.2. The quantitative estimate of drug-likeness (QED) is 0.389. The molecule has 4 heteroatoms. The van der Waals surface area contributed by atoms with E-state index >= 15 is 0 Å². The summed E-state index contributed by atoms with van der Waals surface area (Å²) in [7, 11) is 0. The molecule has 0 aromatic rings. The lowest BCUT2D eigenvalue weighted by Crippen LogP contribution is -2.31. The Kier molecular flexibility index (Phi) is 3.06. The average molecular weight is 126 g/mol. The number of hydrogen-bond donors (Lipinski definition) is 1. The van der Waals surface area contributed by atoms with E-state index in [9.17, 15) is 9.59 Å². The minimum atomic E-state index is -0.760. The van der Waals surface area contributed by atoms with Gasteiger partial charge < -0.3 is 5.32 Å². The van der Waals surface area contributed by atoms with E-state index < -0.39 is 11.9 Å². The molecule has 0 aliphatic carbocycles. The lowest BCUT2D eigenvalue weighted by Gasteiger charge is -1.98. The molecule has 0 bridgehead atoms. The van der Waals surface area contributed by atoms with E-state index in [1.165, 1.54) is 6.92 Å². The van der Waals surface area contributed by atoms with Crippen molar-refractivity contribution in [3.8, 4) is 6.07 Å². The van der Waals surface area contributed by atoms with Gasteiger partial charge in [0.2, 0.25) is 6.29 Å². The molecule has 0 rings (SSSR count). The SMILES string of the molecule is CC(C#N)NC(=O)C=O. The van der Waals surface area contributed by atoms with Crippen LogP contribution in [0, 0.1) is 11.3 Å². The molecular formula is C5H6N2O2. The van der Waals surface area contributed by atoms with Gasteiger partial charge in [-0.05, 0) is 6.92 Å². The van der Waals surface area contributed by atoms with Crippen molar-refractivity contribution >= 4 is 12.2 Å². The number of carbonyl (C=O) groups excluding carboxylic acids is 2. The molecule has 0 aliphatic heterocycles. The molecule has 9 heavy (non-hydrogen) atoms. The highest BCUT2D eigenvalue weighted by Gasteiger charge is 2.01. The van der Waals surface area contributed by atoms with Crippen LogP contribution in [-0.2, 0) is 9.59 Å². The van der Waals surface area contributed by atoms with Crippen molar-refractivity contribution in [2.45, 2.75) is 13.0 Å². The molecule has 1 N–H and O–H groups in total. The van der Waals surface area contributed by atoms with E-state index in [4.69, 9.17) is 5.26 Å². The summed E-state index contributed by atoms with van der Waals surface area (Å²) in [6, 6.07) is 1.14. The Hall–Kier alpha value is -1.37. The Balaban J connectivity index is 3.62. The van der Waals surface area contributed by atoms with E-state index in [-0.39, 0.29) is 6.29 Å².